The molecule has 1 aromatic rings. The van der Waals surface area contributed by atoms with Gasteiger partial charge in [0, 0.05) is 30.9 Å². The van der Waals surface area contributed by atoms with E-state index in [9.17, 15) is 0 Å². The number of hydrogen-bond acceptors (Lipinski definition) is 4. The average Bonchev–Trinajstić information content (AvgIpc) is 3.22. The van der Waals surface area contributed by atoms with E-state index in [0.29, 0.717) is 6.61 Å². The number of likely N-dealkylation sites (N-methyl/N-ethyl adjacent to an activating group) is 1. The Kier molecular flexibility index (Phi) is 5.16. The normalized spacial score (nSPS) is 14.9. The average molecular weight is 263 g/mol. The van der Waals surface area contributed by atoms with Crippen LogP contribution in [0.25, 0.3) is 0 Å². The van der Waals surface area contributed by atoms with Gasteiger partial charge in [-0.15, -0.1) is 0 Å². The summed E-state index contributed by atoms with van der Waals surface area (Å²) in [6.45, 7) is 7.69. The van der Waals surface area contributed by atoms with E-state index < -0.39 is 0 Å². The fourth-order valence-corrected chi connectivity index (χ4v) is 2.09. The van der Waals surface area contributed by atoms with Crippen molar-refractivity contribution in [1.29, 1.82) is 0 Å². The van der Waals surface area contributed by atoms with Gasteiger partial charge in [0.05, 0.1) is 0 Å². The lowest BCUT2D eigenvalue weighted by Gasteiger charge is -2.16. The van der Waals surface area contributed by atoms with E-state index in [0.717, 1.165) is 37.3 Å². The summed E-state index contributed by atoms with van der Waals surface area (Å²) in [6, 6.07) is 4.86. The summed E-state index contributed by atoms with van der Waals surface area (Å²) in [5.41, 5.74) is 2.29. The SMILES string of the molecule is CCNCc1ccc(OCCN(C)C2CC2)nc1C. The maximum absolute atomic E-state index is 5.72. The molecule has 1 fully saturated rings. The van der Waals surface area contributed by atoms with Crippen LogP contribution in [0.5, 0.6) is 5.88 Å². The molecule has 0 atom stereocenters. The minimum atomic E-state index is 0.714. The van der Waals surface area contributed by atoms with Crippen LogP contribution in [0.3, 0.4) is 0 Å². The third-order valence-electron chi connectivity index (χ3n) is 3.60. The third kappa shape index (κ3) is 4.48. The molecule has 106 valence electrons. The van der Waals surface area contributed by atoms with Gasteiger partial charge in [-0.05, 0) is 38.9 Å². The molecule has 2 rings (SSSR count). The molecule has 1 aliphatic rings. The van der Waals surface area contributed by atoms with Gasteiger partial charge in [0.1, 0.15) is 6.61 Å². The summed E-state index contributed by atoms with van der Waals surface area (Å²) >= 11 is 0. The molecular formula is C15H25N3O. The zero-order valence-corrected chi connectivity index (χ0v) is 12.3. The lowest BCUT2D eigenvalue weighted by molar-refractivity contribution is 0.226. The van der Waals surface area contributed by atoms with Crippen molar-refractivity contribution in [3.8, 4) is 5.88 Å². The number of aromatic nitrogens is 1. The zero-order valence-electron chi connectivity index (χ0n) is 12.3. The molecular weight excluding hydrogens is 238 g/mol. The van der Waals surface area contributed by atoms with Gasteiger partial charge in [-0.3, -0.25) is 0 Å². The molecule has 0 spiro atoms. The van der Waals surface area contributed by atoms with E-state index in [4.69, 9.17) is 4.74 Å². The Morgan fingerprint density at radius 3 is 2.84 bits per heavy atom. The second-order valence-electron chi connectivity index (χ2n) is 5.23. The highest BCUT2D eigenvalue weighted by molar-refractivity contribution is 5.24. The highest BCUT2D eigenvalue weighted by atomic mass is 16.5. The smallest absolute Gasteiger partial charge is 0.213 e. The lowest BCUT2D eigenvalue weighted by atomic mass is 10.2. The summed E-state index contributed by atoms with van der Waals surface area (Å²) in [5.74, 6) is 0.738. The van der Waals surface area contributed by atoms with Gasteiger partial charge >= 0.3 is 0 Å². The minimum absolute atomic E-state index is 0.714. The highest BCUT2D eigenvalue weighted by Gasteiger charge is 2.25. The molecule has 1 aromatic heterocycles. The Balaban J connectivity index is 1.78. The van der Waals surface area contributed by atoms with Crippen LogP contribution in [0.4, 0.5) is 0 Å². The molecule has 19 heavy (non-hydrogen) atoms. The Hall–Kier alpha value is -1.13. The van der Waals surface area contributed by atoms with Crippen molar-refractivity contribution >= 4 is 0 Å². The third-order valence-corrected chi connectivity index (χ3v) is 3.60. The van der Waals surface area contributed by atoms with Gasteiger partial charge in [0.15, 0.2) is 0 Å². The first-order valence-electron chi connectivity index (χ1n) is 7.21. The van der Waals surface area contributed by atoms with Crippen molar-refractivity contribution in [3.05, 3.63) is 23.4 Å². The van der Waals surface area contributed by atoms with Crippen LogP contribution >= 0.6 is 0 Å². The number of nitrogens with zero attached hydrogens (tertiary/aromatic N) is 2. The molecule has 4 heteroatoms. The molecule has 0 radical (unpaired) electrons. The van der Waals surface area contributed by atoms with Gasteiger partial charge in [-0.1, -0.05) is 13.0 Å². The predicted octanol–water partition coefficient (Wildman–Crippen LogP) is 1.97. The predicted molar refractivity (Wildman–Crippen MR) is 77.5 cm³/mol. The fourth-order valence-electron chi connectivity index (χ4n) is 2.09. The van der Waals surface area contributed by atoms with Crippen LogP contribution in [0.1, 0.15) is 31.0 Å². The summed E-state index contributed by atoms with van der Waals surface area (Å²) < 4.78 is 5.72. The number of nitrogens with one attached hydrogen (secondary N) is 1. The molecule has 1 aliphatic carbocycles. The van der Waals surface area contributed by atoms with E-state index in [2.05, 4.69) is 35.2 Å². The monoisotopic (exact) mass is 263 g/mol. The molecule has 0 bridgehead atoms. The van der Waals surface area contributed by atoms with Crippen LogP contribution in [0, 0.1) is 6.92 Å². The Bertz CT molecular complexity index is 404. The molecule has 0 saturated heterocycles. The largest absolute Gasteiger partial charge is 0.476 e. The maximum Gasteiger partial charge on any atom is 0.213 e. The second kappa shape index (κ2) is 6.87. The standard InChI is InChI=1S/C15H25N3O/c1-4-16-11-13-5-8-15(17-12(13)2)19-10-9-18(3)14-6-7-14/h5,8,14,16H,4,6-7,9-11H2,1-3H3. The van der Waals surface area contributed by atoms with Gasteiger partial charge in [0.2, 0.25) is 5.88 Å². The van der Waals surface area contributed by atoms with Crippen molar-refractivity contribution in [2.45, 2.75) is 39.3 Å². The first-order chi connectivity index (χ1) is 9.20. The Morgan fingerprint density at radius 2 is 2.21 bits per heavy atom. The number of pyridine rings is 1. The van der Waals surface area contributed by atoms with Crippen molar-refractivity contribution in [3.63, 3.8) is 0 Å². The van der Waals surface area contributed by atoms with Gasteiger partial charge in [-0.25, -0.2) is 4.98 Å². The summed E-state index contributed by atoms with van der Waals surface area (Å²) in [6.07, 6.45) is 2.68. The van der Waals surface area contributed by atoms with Gasteiger partial charge in [-0.2, -0.15) is 0 Å². The molecule has 1 saturated carbocycles. The summed E-state index contributed by atoms with van der Waals surface area (Å²) in [5, 5.41) is 3.31. The van der Waals surface area contributed by atoms with E-state index in [1.165, 1.54) is 18.4 Å². The molecule has 0 aliphatic heterocycles. The van der Waals surface area contributed by atoms with E-state index in [1.54, 1.807) is 0 Å². The van der Waals surface area contributed by atoms with Crippen molar-refractivity contribution in [2.75, 3.05) is 26.7 Å². The topological polar surface area (TPSA) is 37.4 Å². The van der Waals surface area contributed by atoms with E-state index in [1.807, 2.05) is 13.0 Å². The number of rotatable bonds is 8. The van der Waals surface area contributed by atoms with Crippen LogP contribution in [0.15, 0.2) is 12.1 Å². The van der Waals surface area contributed by atoms with Gasteiger partial charge in [0.25, 0.3) is 0 Å². The summed E-state index contributed by atoms with van der Waals surface area (Å²) in [4.78, 5) is 6.87. The molecule has 0 aromatic carbocycles. The number of ether oxygens (including phenoxy) is 1. The van der Waals surface area contributed by atoms with Crippen LogP contribution < -0.4 is 10.1 Å². The van der Waals surface area contributed by atoms with E-state index in [-0.39, 0.29) is 0 Å². The quantitative estimate of drug-likeness (QED) is 0.778. The summed E-state index contributed by atoms with van der Waals surface area (Å²) in [7, 11) is 2.17. The van der Waals surface area contributed by atoms with E-state index >= 15 is 0 Å². The first kappa shape index (κ1) is 14.3. The molecule has 4 nitrogen and oxygen atoms in total. The van der Waals surface area contributed by atoms with Crippen LogP contribution in [-0.4, -0.2) is 42.7 Å². The number of aryl methyl sites for hydroxylation is 1. The maximum atomic E-state index is 5.72. The Morgan fingerprint density at radius 1 is 1.42 bits per heavy atom. The van der Waals surface area contributed by atoms with Gasteiger partial charge < -0.3 is 15.0 Å². The first-order valence-corrected chi connectivity index (χ1v) is 7.21. The molecule has 0 amide bonds. The van der Waals surface area contributed by atoms with Crippen LogP contribution in [-0.2, 0) is 6.54 Å². The molecule has 1 heterocycles. The van der Waals surface area contributed by atoms with Crippen molar-refractivity contribution < 1.29 is 4.74 Å². The second-order valence-corrected chi connectivity index (χ2v) is 5.23. The minimum Gasteiger partial charge on any atom is -0.476 e. The zero-order chi connectivity index (χ0) is 13.7. The molecule has 1 N–H and O–H groups in total. The van der Waals surface area contributed by atoms with Crippen molar-refractivity contribution in [2.24, 2.45) is 0 Å². The fraction of sp³-hybridized carbons (Fsp3) is 0.667. The van der Waals surface area contributed by atoms with Crippen molar-refractivity contribution in [1.82, 2.24) is 15.2 Å². The highest BCUT2D eigenvalue weighted by Crippen LogP contribution is 2.24. The number of hydrogen-bond donors (Lipinski definition) is 1. The molecule has 0 unspecified atom stereocenters. The van der Waals surface area contributed by atoms with Crippen LogP contribution in [0.2, 0.25) is 0 Å². The Labute approximate surface area is 116 Å². The lowest BCUT2D eigenvalue weighted by Crippen LogP contribution is -2.26.